The molecule has 0 amide bonds. The van der Waals surface area contributed by atoms with Crippen molar-refractivity contribution in [2.45, 2.75) is 18.1 Å². The van der Waals surface area contributed by atoms with Crippen molar-refractivity contribution < 1.29 is 9.90 Å². The van der Waals surface area contributed by atoms with Gasteiger partial charge in [-0.05, 0) is 20.0 Å². The van der Waals surface area contributed by atoms with Crippen molar-refractivity contribution in [2.24, 2.45) is 0 Å². The Labute approximate surface area is 92.3 Å². The van der Waals surface area contributed by atoms with Crippen LogP contribution in [0.15, 0.2) is 17.4 Å². The van der Waals surface area contributed by atoms with Crippen molar-refractivity contribution >= 4 is 17.7 Å². The number of carbonyl (C=O) groups is 1. The van der Waals surface area contributed by atoms with Crippen molar-refractivity contribution in [1.29, 1.82) is 0 Å². The Morgan fingerprint density at radius 3 is 3.00 bits per heavy atom. The number of aromatic nitrogens is 2. The third kappa shape index (κ3) is 3.85. The SMILES string of the molecule is CNC(CSc1nccc(C)n1)C(=O)O. The van der Waals surface area contributed by atoms with Gasteiger partial charge in [-0.3, -0.25) is 4.79 Å². The minimum atomic E-state index is -0.863. The molecule has 0 spiro atoms. The fourth-order valence-electron chi connectivity index (χ4n) is 0.931. The average Bonchev–Trinajstić information content (AvgIpc) is 2.18. The fourth-order valence-corrected chi connectivity index (χ4v) is 1.90. The summed E-state index contributed by atoms with van der Waals surface area (Å²) in [4.78, 5) is 18.9. The molecule has 82 valence electrons. The van der Waals surface area contributed by atoms with E-state index in [4.69, 9.17) is 5.11 Å². The summed E-state index contributed by atoms with van der Waals surface area (Å²) in [5.74, 6) is -0.451. The Kier molecular flexibility index (Phi) is 4.51. The molecule has 0 aliphatic rings. The molecule has 0 bridgehead atoms. The first-order valence-electron chi connectivity index (χ1n) is 4.46. The molecule has 1 aromatic heterocycles. The first-order chi connectivity index (χ1) is 7.13. The molecule has 1 atom stereocenters. The summed E-state index contributed by atoms with van der Waals surface area (Å²) in [6, 6.07) is 1.23. The summed E-state index contributed by atoms with van der Waals surface area (Å²) in [5, 5.41) is 12.1. The van der Waals surface area contributed by atoms with Gasteiger partial charge in [-0.15, -0.1) is 0 Å². The maximum Gasteiger partial charge on any atom is 0.321 e. The van der Waals surface area contributed by atoms with E-state index in [1.54, 1.807) is 19.3 Å². The number of carboxylic acids is 1. The molecule has 0 radical (unpaired) electrons. The molecule has 0 aliphatic carbocycles. The second kappa shape index (κ2) is 5.67. The minimum Gasteiger partial charge on any atom is -0.480 e. The molecule has 0 fully saturated rings. The predicted octanol–water partition coefficient (Wildman–Crippen LogP) is 0.550. The Hall–Kier alpha value is -1.14. The highest BCUT2D eigenvalue weighted by atomic mass is 32.2. The van der Waals surface area contributed by atoms with Gasteiger partial charge in [0.05, 0.1) is 0 Å². The number of rotatable bonds is 5. The van der Waals surface area contributed by atoms with Crippen molar-refractivity contribution in [2.75, 3.05) is 12.8 Å². The topological polar surface area (TPSA) is 75.1 Å². The highest BCUT2D eigenvalue weighted by molar-refractivity contribution is 7.99. The molecule has 15 heavy (non-hydrogen) atoms. The summed E-state index contributed by atoms with van der Waals surface area (Å²) >= 11 is 1.33. The minimum absolute atomic E-state index is 0.412. The molecule has 2 N–H and O–H groups in total. The van der Waals surface area contributed by atoms with Crippen LogP contribution in [0.25, 0.3) is 0 Å². The number of thioether (sulfide) groups is 1. The van der Waals surface area contributed by atoms with E-state index < -0.39 is 12.0 Å². The van der Waals surface area contributed by atoms with Gasteiger partial charge in [0.1, 0.15) is 6.04 Å². The van der Waals surface area contributed by atoms with Gasteiger partial charge in [-0.1, -0.05) is 11.8 Å². The Balaban J connectivity index is 2.52. The molecule has 1 unspecified atom stereocenters. The van der Waals surface area contributed by atoms with Gasteiger partial charge in [-0.2, -0.15) is 0 Å². The van der Waals surface area contributed by atoms with E-state index in [2.05, 4.69) is 15.3 Å². The third-order valence-corrected chi connectivity index (χ3v) is 2.75. The zero-order valence-corrected chi connectivity index (χ0v) is 9.41. The van der Waals surface area contributed by atoms with Gasteiger partial charge < -0.3 is 10.4 Å². The summed E-state index contributed by atoms with van der Waals surface area (Å²) in [5.41, 5.74) is 0.879. The molecule has 0 aromatic carbocycles. The number of aliphatic carboxylic acids is 1. The first kappa shape index (κ1) is 11.9. The van der Waals surface area contributed by atoms with E-state index in [0.717, 1.165) is 5.69 Å². The van der Waals surface area contributed by atoms with Crippen LogP contribution >= 0.6 is 11.8 Å². The molecular formula is C9H13N3O2S. The van der Waals surface area contributed by atoms with Crippen LogP contribution in [0.1, 0.15) is 5.69 Å². The quantitative estimate of drug-likeness (QED) is 0.565. The largest absolute Gasteiger partial charge is 0.480 e. The van der Waals surface area contributed by atoms with E-state index in [-0.39, 0.29) is 0 Å². The van der Waals surface area contributed by atoms with Crippen LogP contribution in [0, 0.1) is 6.92 Å². The van der Waals surface area contributed by atoms with Gasteiger partial charge in [0, 0.05) is 17.6 Å². The highest BCUT2D eigenvalue weighted by Crippen LogP contribution is 2.13. The van der Waals surface area contributed by atoms with E-state index in [0.29, 0.717) is 10.9 Å². The molecule has 5 nitrogen and oxygen atoms in total. The zero-order chi connectivity index (χ0) is 11.3. The summed E-state index contributed by atoms with van der Waals surface area (Å²) < 4.78 is 0. The van der Waals surface area contributed by atoms with E-state index in [1.807, 2.05) is 6.92 Å². The van der Waals surface area contributed by atoms with Crippen LogP contribution in [0.4, 0.5) is 0 Å². The van der Waals surface area contributed by atoms with Crippen molar-refractivity contribution in [1.82, 2.24) is 15.3 Å². The lowest BCUT2D eigenvalue weighted by molar-refractivity contribution is -0.138. The Bertz CT molecular complexity index is 346. The molecule has 6 heteroatoms. The first-order valence-corrected chi connectivity index (χ1v) is 5.44. The number of hydrogen-bond acceptors (Lipinski definition) is 5. The van der Waals surface area contributed by atoms with E-state index in [9.17, 15) is 4.79 Å². The maximum atomic E-state index is 10.7. The number of nitrogens with one attached hydrogen (secondary N) is 1. The van der Waals surface area contributed by atoms with E-state index >= 15 is 0 Å². The number of aryl methyl sites for hydroxylation is 1. The smallest absolute Gasteiger partial charge is 0.321 e. The lowest BCUT2D eigenvalue weighted by Gasteiger charge is -2.09. The molecule has 0 aliphatic heterocycles. The van der Waals surface area contributed by atoms with Gasteiger partial charge in [-0.25, -0.2) is 9.97 Å². The van der Waals surface area contributed by atoms with Crippen LogP contribution in [0.2, 0.25) is 0 Å². The maximum absolute atomic E-state index is 10.7. The van der Waals surface area contributed by atoms with E-state index in [1.165, 1.54) is 11.8 Å². The normalized spacial score (nSPS) is 12.4. The lowest BCUT2D eigenvalue weighted by Crippen LogP contribution is -2.36. The highest BCUT2D eigenvalue weighted by Gasteiger charge is 2.15. The number of nitrogens with zero attached hydrogens (tertiary/aromatic N) is 2. The average molecular weight is 227 g/mol. The number of carboxylic acid groups (broad SMARTS) is 1. The molecule has 1 rings (SSSR count). The zero-order valence-electron chi connectivity index (χ0n) is 8.60. The number of hydrogen-bond donors (Lipinski definition) is 2. The molecule has 1 heterocycles. The summed E-state index contributed by atoms with van der Waals surface area (Å²) in [6.07, 6.45) is 1.67. The molecule has 0 saturated heterocycles. The van der Waals surface area contributed by atoms with Crippen LogP contribution in [0.3, 0.4) is 0 Å². The third-order valence-electron chi connectivity index (χ3n) is 1.80. The fraction of sp³-hybridized carbons (Fsp3) is 0.444. The van der Waals surface area contributed by atoms with Gasteiger partial charge in [0.25, 0.3) is 0 Å². The van der Waals surface area contributed by atoms with Gasteiger partial charge in [0.2, 0.25) is 0 Å². The second-order valence-corrected chi connectivity index (χ2v) is 3.96. The monoisotopic (exact) mass is 227 g/mol. The van der Waals surface area contributed by atoms with Crippen molar-refractivity contribution in [3.63, 3.8) is 0 Å². The summed E-state index contributed by atoms with van der Waals surface area (Å²) in [6.45, 7) is 1.87. The summed E-state index contributed by atoms with van der Waals surface area (Å²) in [7, 11) is 1.62. The van der Waals surface area contributed by atoms with Crippen molar-refractivity contribution in [3.05, 3.63) is 18.0 Å². The van der Waals surface area contributed by atoms with Crippen LogP contribution < -0.4 is 5.32 Å². The Morgan fingerprint density at radius 2 is 2.47 bits per heavy atom. The molecule has 0 saturated carbocycles. The van der Waals surface area contributed by atoms with Gasteiger partial charge >= 0.3 is 5.97 Å². The number of likely N-dealkylation sites (N-methyl/N-ethyl adjacent to an activating group) is 1. The van der Waals surface area contributed by atoms with Crippen LogP contribution in [-0.2, 0) is 4.79 Å². The van der Waals surface area contributed by atoms with Crippen molar-refractivity contribution in [3.8, 4) is 0 Å². The second-order valence-electron chi connectivity index (χ2n) is 2.97. The van der Waals surface area contributed by atoms with Gasteiger partial charge in [0.15, 0.2) is 5.16 Å². The predicted molar refractivity (Wildman–Crippen MR) is 58.0 cm³/mol. The molecular weight excluding hydrogens is 214 g/mol. The van der Waals surface area contributed by atoms with Crippen LogP contribution in [0.5, 0.6) is 0 Å². The van der Waals surface area contributed by atoms with Crippen LogP contribution in [-0.4, -0.2) is 39.9 Å². The standard InChI is InChI=1S/C9H13N3O2S/c1-6-3-4-11-9(12-6)15-5-7(10-2)8(13)14/h3-4,7,10H,5H2,1-2H3,(H,13,14). The Morgan fingerprint density at radius 1 is 1.73 bits per heavy atom. The molecule has 1 aromatic rings. The lowest BCUT2D eigenvalue weighted by atomic mass is 10.3.